The van der Waals surface area contributed by atoms with Gasteiger partial charge in [-0.1, -0.05) is 29.8 Å². The average Bonchev–Trinajstić information content (AvgIpc) is 2.66. The molecule has 0 unspecified atom stereocenters. The number of benzene rings is 1. The third-order valence-electron chi connectivity index (χ3n) is 2.18. The van der Waals surface area contributed by atoms with Gasteiger partial charge in [-0.2, -0.15) is 4.37 Å². The molecule has 0 fully saturated rings. The highest BCUT2D eigenvalue weighted by molar-refractivity contribution is 7.05. The maximum atomic E-state index is 10.9. The fourth-order valence-electron chi connectivity index (χ4n) is 1.36. The van der Waals surface area contributed by atoms with Crippen LogP contribution in [0.3, 0.4) is 0 Å². The lowest BCUT2D eigenvalue weighted by Gasteiger charge is -1.95. The van der Waals surface area contributed by atoms with Gasteiger partial charge in [0.15, 0.2) is 5.82 Å². The van der Waals surface area contributed by atoms with Gasteiger partial charge in [-0.3, -0.25) is 4.79 Å². The van der Waals surface area contributed by atoms with Gasteiger partial charge in [0.1, 0.15) is 10.8 Å². The second-order valence-electron chi connectivity index (χ2n) is 3.76. The molecule has 4 heteroatoms. The van der Waals surface area contributed by atoms with Crippen molar-refractivity contribution >= 4 is 17.3 Å². The number of aryl methyl sites for hydroxylation is 1. The lowest BCUT2D eigenvalue weighted by atomic mass is 10.1. The Bertz CT molecular complexity index is 502. The minimum atomic E-state index is 0.117. The van der Waals surface area contributed by atoms with Crippen molar-refractivity contribution in [2.24, 2.45) is 0 Å². The summed E-state index contributed by atoms with van der Waals surface area (Å²) >= 11 is 1.29. The van der Waals surface area contributed by atoms with Crippen molar-refractivity contribution in [1.29, 1.82) is 0 Å². The Morgan fingerprint density at radius 2 is 2.00 bits per heavy atom. The van der Waals surface area contributed by atoms with E-state index < -0.39 is 0 Å². The molecule has 1 heterocycles. The van der Waals surface area contributed by atoms with E-state index in [1.54, 1.807) is 6.92 Å². The SMILES string of the molecule is CC(=O)Cc1nc(-c2ccc(C)cc2)ns1. The summed E-state index contributed by atoms with van der Waals surface area (Å²) in [5.74, 6) is 0.827. The third-order valence-corrected chi connectivity index (χ3v) is 2.89. The summed E-state index contributed by atoms with van der Waals surface area (Å²) in [7, 11) is 0. The van der Waals surface area contributed by atoms with E-state index in [-0.39, 0.29) is 5.78 Å². The molecule has 0 amide bonds. The molecule has 0 bridgehead atoms. The highest BCUT2D eigenvalue weighted by Gasteiger charge is 2.07. The van der Waals surface area contributed by atoms with E-state index in [9.17, 15) is 4.79 Å². The minimum Gasteiger partial charge on any atom is -0.300 e. The summed E-state index contributed by atoms with van der Waals surface area (Å²) in [4.78, 5) is 15.3. The third kappa shape index (κ3) is 2.52. The molecule has 82 valence electrons. The molecule has 2 rings (SSSR count). The molecule has 0 spiro atoms. The number of hydrogen-bond acceptors (Lipinski definition) is 4. The highest BCUT2D eigenvalue weighted by atomic mass is 32.1. The van der Waals surface area contributed by atoms with Crippen LogP contribution >= 0.6 is 11.5 Å². The number of nitrogens with zero attached hydrogens (tertiary/aromatic N) is 2. The van der Waals surface area contributed by atoms with Gasteiger partial charge in [-0.05, 0) is 25.4 Å². The van der Waals surface area contributed by atoms with Crippen molar-refractivity contribution in [3.63, 3.8) is 0 Å². The van der Waals surface area contributed by atoms with Crippen LogP contribution in [0, 0.1) is 6.92 Å². The number of carbonyl (C=O) groups is 1. The number of rotatable bonds is 3. The molecule has 0 aliphatic rings. The summed E-state index contributed by atoms with van der Waals surface area (Å²) in [5.41, 5.74) is 2.21. The summed E-state index contributed by atoms with van der Waals surface area (Å²) in [6.07, 6.45) is 0.379. The first kappa shape index (κ1) is 11.0. The average molecular weight is 232 g/mol. The fraction of sp³-hybridized carbons (Fsp3) is 0.250. The van der Waals surface area contributed by atoms with Gasteiger partial charge in [0.05, 0.1) is 6.42 Å². The van der Waals surface area contributed by atoms with Crippen molar-refractivity contribution < 1.29 is 4.79 Å². The molecule has 0 aliphatic heterocycles. The Morgan fingerprint density at radius 1 is 1.31 bits per heavy atom. The normalized spacial score (nSPS) is 10.4. The minimum absolute atomic E-state index is 0.117. The molecule has 0 N–H and O–H groups in total. The van der Waals surface area contributed by atoms with E-state index in [1.165, 1.54) is 17.1 Å². The molecule has 0 saturated carbocycles. The number of ketones is 1. The molecule has 0 saturated heterocycles. The molecule has 2 aromatic rings. The topological polar surface area (TPSA) is 42.9 Å². The molecule has 3 nitrogen and oxygen atoms in total. The molecule has 0 radical (unpaired) electrons. The predicted octanol–water partition coefficient (Wildman–Crippen LogP) is 2.65. The molecule has 1 aromatic carbocycles. The van der Waals surface area contributed by atoms with Gasteiger partial charge in [-0.25, -0.2) is 4.98 Å². The van der Waals surface area contributed by atoms with Crippen LogP contribution in [-0.2, 0) is 11.2 Å². The van der Waals surface area contributed by atoms with Crippen molar-refractivity contribution in [3.05, 3.63) is 34.8 Å². The summed E-state index contributed by atoms with van der Waals surface area (Å²) < 4.78 is 4.25. The van der Waals surface area contributed by atoms with Crippen LogP contribution in [0.5, 0.6) is 0 Å². The predicted molar refractivity (Wildman–Crippen MR) is 64.5 cm³/mol. The molecular weight excluding hydrogens is 220 g/mol. The van der Waals surface area contributed by atoms with E-state index in [2.05, 4.69) is 9.36 Å². The van der Waals surface area contributed by atoms with Gasteiger partial charge in [-0.15, -0.1) is 0 Å². The lowest BCUT2D eigenvalue weighted by molar-refractivity contribution is -0.116. The van der Waals surface area contributed by atoms with E-state index >= 15 is 0 Å². The van der Waals surface area contributed by atoms with Crippen molar-refractivity contribution in [2.45, 2.75) is 20.3 Å². The number of hydrogen-bond donors (Lipinski definition) is 0. The summed E-state index contributed by atoms with van der Waals surface area (Å²) in [6, 6.07) is 8.05. The maximum absolute atomic E-state index is 10.9. The van der Waals surface area contributed by atoms with Crippen molar-refractivity contribution in [3.8, 4) is 11.4 Å². The standard InChI is InChI=1S/C12H12N2OS/c1-8-3-5-10(6-4-8)12-13-11(16-14-12)7-9(2)15/h3-6H,7H2,1-2H3. The van der Waals surface area contributed by atoms with Gasteiger partial charge in [0, 0.05) is 5.56 Å². The second kappa shape index (κ2) is 4.53. The van der Waals surface area contributed by atoms with Crippen LogP contribution < -0.4 is 0 Å². The Kier molecular flexibility index (Phi) is 3.10. The van der Waals surface area contributed by atoms with Crippen LogP contribution in [0.15, 0.2) is 24.3 Å². The van der Waals surface area contributed by atoms with E-state index in [1.807, 2.05) is 31.2 Å². The van der Waals surface area contributed by atoms with E-state index in [4.69, 9.17) is 0 Å². The zero-order valence-electron chi connectivity index (χ0n) is 9.23. The second-order valence-corrected chi connectivity index (χ2v) is 4.59. The first-order chi connectivity index (χ1) is 7.65. The highest BCUT2D eigenvalue weighted by Crippen LogP contribution is 2.18. The summed E-state index contributed by atoms with van der Waals surface area (Å²) in [5, 5.41) is 0.781. The van der Waals surface area contributed by atoms with Gasteiger partial charge in [0.25, 0.3) is 0 Å². The number of aromatic nitrogens is 2. The van der Waals surface area contributed by atoms with Crippen molar-refractivity contribution in [2.75, 3.05) is 0 Å². The Morgan fingerprint density at radius 3 is 2.62 bits per heavy atom. The quantitative estimate of drug-likeness (QED) is 0.817. The zero-order chi connectivity index (χ0) is 11.5. The van der Waals surface area contributed by atoms with Crippen LogP contribution in [-0.4, -0.2) is 15.1 Å². The van der Waals surface area contributed by atoms with Gasteiger partial charge in [0.2, 0.25) is 0 Å². The first-order valence-corrected chi connectivity index (χ1v) is 5.81. The molecule has 0 aliphatic carbocycles. The van der Waals surface area contributed by atoms with Crippen LogP contribution in [0.4, 0.5) is 0 Å². The zero-order valence-corrected chi connectivity index (χ0v) is 10.0. The Hall–Kier alpha value is -1.55. The smallest absolute Gasteiger partial charge is 0.173 e. The molecule has 1 aromatic heterocycles. The van der Waals surface area contributed by atoms with Gasteiger partial charge < -0.3 is 0 Å². The molecule has 16 heavy (non-hydrogen) atoms. The lowest BCUT2D eigenvalue weighted by Crippen LogP contribution is -1.95. The number of carbonyl (C=O) groups excluding carboxylic acids is 1. The van der Waals surface area contributed by atoms with Crippen molar-refractivity contribution in [1.82, 2.24) is 9.36 Å². The van der Waals surface area contributed by atoms with E-state index in [0.29, 0.717) is 12.2 Å². The molecular formula is C12H12N2OS. The monoisotopic (exact) mass is 232 g/mol. The van der Waals surface area contributed by atoms with Crippen LogP contribution in [0.2, 0.25) is 0 Å². The van der Waals surface area contributed by atoms with Gasteiger partial charge >= 0.3 is 0 Å². The van der Waals surface area contributed by atoms with E-state index in [0.717, 1.165) is 10.6 Å². The van der Waals surface area contributed by atoms with Crippen LogP contribution in [0.25, 0.3) is 11.4 Å². The fourth-order valence-corrected chi connectivity index (χ4v) is 2.09. The summed E-state index contributed by atoms with van der Waals surface area (Å²) in [6.45, 7) is 3.60. The maximum Gasteiger partial charge on any atom is 0.173 e. The largest absolute Gasteiger partial charge is 0.300 e. The first-order valence-electron chi connectivity index (χ1n) is 5.04. The number of Topliss-reactive ketones (excluding diaryl/α,β-unsaturated/α-hetero) is 1. The Labute approximate surface area is 98.3 Å². The Balaban J connectivity index is 2.24. The molecule has 0 atom stereocenters. The van der Waals surface area contributed by atoms with Crippen LogP contribution in [0.1, 0.15) is 17.5 Å².